The Bertz CT molecular complexity index is 1030. The van der Waals surface area contributed by atoms with E-state index in [1.165, 1.54) is 17.9 Å². The van der Waals surface area contributed by atoms with Gasteiger partial charge in [-0.25, -0.2) is 4.79 Å². The molecule has 3 aromatic carbocycles. The van der Waals surface area contributed by atoms with E-state index >= 15 is 0 Å². The number of hydrogen-bond donors (Lipinski definition) is 0. The third-order valence-corrected chi connectivity index (χ3v) is 4.38. The standard InChI is InChI=1S/C20H16BNO2/c1-24-20(23)16-12-13(21)10-11-19(16)22-17-8-4-2-6-14(17)15-7-3-5-9-18(15)22/h2-12H,21H2,1H3. The third kappa shape index (κ3) is 2.11. The van der Waals surface area contributed by atoms with Crippen LogP contribution in [0.4, 0.5) is 0 Å². The molecule has 1 aromatic heterocycles. The molecule has 4 heteroatoms. The molecule has 0 amide bonds. The van der Waals surface area contributed by atoms with Gasteiger partial charge in [0.15, 0.2) is 0 Å². The second-order valence-electron chi connectivity index (χ2n) is 5.88. The summed E-state index contributed by atoms with van der Waals surface area (Å²) in [4.78, 5) is 12.3. The van der Waals surface area contributed by atoms with Gasteiger partial charge in [-0.3, -0.25) is 0 Å². The predicted molar refractivity (Wildman–Crippen MR) is 100 cm³/mol. The number of methoxy groups -OCH3 is 1. The quantitative estimate of drug-likeness (QED) is 0.421. The Morgan fingerprint density at radius 2 is 1.50 bits per heavy atom. The van der Waals surface area contributed by atoms with Gasteiger partial charge in [-0.1, -0.05) is 54.0 Å². The van der Waals surface area contributed by atoms with Crippen molar-refractivity contribution in [3.8, 4) is 5.69 Å². The second kappa shape index (κ2) is 5.57. The second-order valence-corrected chi connectivity index (χ2v) is 5.88. The van der Waals surface area contributed by atoms with E-state index in [0.717, 1.165) is 22.2 Å². The molecule has 0 spiro atoms. The molecule has 0 saturated carbocycles. The normalized spacial score (nSPS) is 11.0. The van der Waals surface area contributed by atoms with E-state index in [1.807, 2.05) is 50.3 Å². The molecule has 0 aliphatic rings. The minimum atomic E-state index is -0.324. The molecular weight excluding hydrogens is 297 g/mol. The highest BCUT2D eigenvalue weighted by Gasteiger charge is 2.18. The Morgan fingerprint density at radius 3 is 2.08 bits per heavy atom. The smallest absolute Gasteiger partial charge is 0.339 e. The topological polar surface area (TPSA) is 31.2 Å². The van der Waals surface area contributed by atoms with E-state index in [2.05, 4.69) is 28.8 Å². The van der Waals surface area contributed by atoms with Crippen LogP contribution in [0.2, 0.25) is 0 Å². The molecule has 4 aromatic rings. The summed E-state index contributed by atoms with van der Waals surface area (Å²) >= 11 is 0. The summed E-state index contributed by atoms with van der Waals surface area (Å²) in [6.07, 6.45) is 0. The van der Waals surface area contributed by atoms with Gasteiger partial charge in [-0.2, -0.15) is 0 Å². The molecule has 0 saturated heterocycles. The Kier molecular flexibility index (Phi) is 3.38. The van der Waals surface area contributed by atoms with Crippen LogP contribution >= 0.6 is 0 Å². The van der Waals surface area contributed by atoms with Crippen LogP contribution in [0.15, 0.2) is 66.7 Å². The molecule has 1 heterocycles. The van der Waals surface area contributed by atoms with Gasteiger partial charge >= 0.3 is 5.97 Å². The van der Waals surface area contributed by atoms with E-state index < -0.39 is 0 Å². The van der Waals surface area contributed by atoms with Crippen LogP contribution in [-0.4, -0.2) is 25.5 Å². The van der Waals surface area contributed by atoms with Crippen molar-refractivity contribution in [3.05, 3.63) is 72.3 Å². The lowest BCUT2D eigenvalue weighted by Crippen LogP contribution is -2.13. The van der Waals surface area contributed by atoms with Gasteiger partial charge in [0.25, 0.3) is 0 Å². The van der Waals surface area contributed by atoms with Gasteiger partial charge in [0.1, 0.15) is 7.85 Å². The fourth-order valence-electron chi connectivity index (χ4n) is 3.30. The number of para-hydroxylation sites is 2. The maximum absolute atomic E-state index is 12.3. The lowest BCUT2D eigenvalue weighted by molar-refractivity contribution is 0.0601. The molecule has 0 aliphatic heterocycles. The fraction of sp³-hybridized carbons (Fsp3) is 0.0500. The molecule has 0 unspecified atom stereocenters. The Labute approximate surface area is 140 Å². The number of fused-ring (bicyclic) bond motifs is 3. The van der Waals surface area contributed by atoms with Crippen molar-refractivity contribution in [1.29, 1.82) is 0 Å². The van der Waals surface area contributed by atoms with Gasteiger partial charge in [-0.05, 0) is 18.2 Å². The first-order chi connectivity index (χ1) is 11.7. The van der Waals surface area contributed by atoms with Crippen molar-refractivity contribution in [1.82, 2.24) is 4.57 Å². The zero-order chi connectivity index (χ0) is 16.7. The first-order valence-corrected chi connectivity index (χ1v) is 7.88. The number of aromatic nitrogens is 1. The summed E-state index contributed by atoms with van der Waals surface area (Å²) in [5.41, 5.74) is 4.59. The van der Waals surface area contributed by atoms with Gasteiger partial charge in [0.2, 0.25) is 0 Å². The highest BCUT2D eigenvalue weighted by Crippen LogP contribution is 2.32. The van der Waals surface area contributed by atoms with Gasteiger partial charge < -0.3 is 9.30 Å². The molecular formula is C20H16BNO2. The average Bonchev–Trinajstić information content (AvgIpc) is 2.96. The van der Waals surface area contributed by atoms with Crippen LogP contribution < -0.4 is 5.46 Å². The predicted octanol–water partition coefficient (Wildman–Crippen LogP) is 2.83. The van der Waals surface area contributed by atoms with Crippen molar-refractivity contribution in [2.24, 2.45) is 0 Å². The molecule has 0 atom stereocenters. The summed E-state index contributed by atoms with van der Waals surface area (Å²) in [6, 6.07) is 22.4. The minimum Gasteiger partial charge on any atom is -0.465 e. The lowest BCUT2D eigenvalue weighted by Gasteiger charge is -2.13. The molecule has 116 valence electrons. The zero-order valence-electron chi connectivity index (χ0n) is 13.6. The van der Waals surface area contributed by atoms with Crippen molar-refractivity contribution >= 4 is 41.1 Å². The van der Waals surface area contributed by atoms with E-state index in [0.29, 0.717) is 5.56 Å². The number of carbonyl (C=O) groups excluding carboxylic acids is 1. The van der Waals surface area contributed by atoms with Crippen molar-refractivity contribution in [3.63, 3.8) is 0 Å². The summed E-state index contributed by atoms with van der Waals surface area (Å²) in [7, 11) is 3.39. The number of rotatable bonds is 2. The Balaban J connectivity index is 2.16. The average molecular weight is 313 g/mol. The summed E-state index contributed by atoms with van der Waals surface area (Å²) < 4.78 is 7.14. The number of esters is 1. The molecule has 3 nitrogen and oxygen atoms in total. The van der Waals surface area contributed by atoms with Crippen LogP contribution in [0.3, 0.4) is 0 Å². The van der Waals surface area contributed by atoms with Crippen LogP contribution in [0.1, 0.15) is 10.4 Å². The van der Waals surface area contributed by atoms with Gasteiger partial charge in [-0.15, -0.1) is 0 Å². The molecule has 4 rings (SSSR count). The largest absolute Gasteiger partial charge is 0.465 e. The molecule has 0 N–H and O–H groups in total. The SMILES string of the molecule is Bc1ccc(-n2c3ccccc3c3ccccc32)c(C(=O)OC)c1. The van der Waals surface area contributed by atoms with E-state index in [4.69, 9.17) is 4.74 Å². The molecule has 0 radical (unpaired) electrons. The maximum atomic E-state index is 12.3. The van der Waals surface area contributed by atoms with Crippen LogP contribution in [-0.2, 0) is 4.74 Å². The van der Waals surface area contributed by atoms with Crippen LogP contribution in [0.25, 0.3) is 27.5 Å². The van der Waals surface area contributed by atoms with Crippen molar-refractivity contribution in [2.75, 3.05) is 7.11 Å². The van der Waals surface area contributed by atoms with E-state index in [-0.39, 0.29) is 5.97 Å². The highest BCUT2D eigenvalue weighted by molar-refractivity contribution is 6.32. The maximum Gasteiger partial charge on any atom is 0.339 e. The molecule has 0 fully saturated rings. The third-order valence-electron chi connectivity index (χ3n) is 4.38. The fourth-order valence-corrected chi connectivity index (χ4v) is 3.30. The summed E-state index contributed by atoms with van der Waals surface area (Å²) in [6.45, 7) is 0. The number of benzene rings is 3. The number of hydrogen-bond acceptors (Lipinski definition) is 2. The monoisotopic (exact) mass is 313 g/mol. The van der Waals surface area contributed by atoms with Crippen LogP contribution in [0, 0.1) is 0 Å². The first kappa shape index (κ1) is 14.6. The Hall–Kier alpha value is -3.01. The summed E-state index contributed by atoms with van der Waals surface area (Å²) in [5, 5.41) is 2.34. The highest BCUT2D eigenvalue weighted by atomic mass is 16.5. The lowest BCUT2D eigenvalue weighted by atomic mass is 9.93. The minimum absolute atomic E-state index is 0.324. The molecule has 0 bridgehead atoms. The van der Waals surface area contributed by atoms with Crippen LogP contribution in [0.5, 0.6) is 0 Å². The van der Waals surface area contributed by atoms with Gasteiger partial charge in [0, 0.05) is 10.8 Å². The van der Waals surface area contributed by atoms with E-state index in [9.17, 15) is 4.79 Å². The van der Waals surface area contributed by atoms with Gasteiger partial charge in [0.05, 0.1) is 29.4 Å². The number of ether oxygens (including phenoxy) is 1. The zero-order valence-corrected chi connectivity index (χ0v) is 13.6. The molecule has 0 aliphatic carbocycles. The van der Waals surface area contributed by atoms with Crippen molar-refractivity contribution in [2.45, 2.75) is 0 Å². The van der Waals surface area contributed by atoms with E-state index in [1.54, 1.807) is 0 Å². The summed E-state index contributed by atoms with van der Waals surface area (Å²) in [5.74, 6) is -0.324. The Morgan fingerprint density at radius 1 is 0.917 bits per heavy atom. The number of carbonyl (C=O) groups is 1. The number of nitrogens with zero attached hydrogens (tertiary/aromatic N) is 1. The van der Waals surface area contributed by atoms with Crippen molar-refractivity contribution < 1.29 is 9.53 Å². The first-order valence-electron chi connectivity index (χ1n) is 7.88. The molecule has 24 heavy (non-hydrogen) atoms.